The van der Waals surface area contributed by atoms with Crippen LogP contribution in [0.3, 0.4) is 0 Å². The molecule has 5 rings (SSSR count). The fraction of sp³-hybridized carbons (Fsp3) is 0.300. The Bertz CT molecular complexity index is 1300. The van der Waals surface area contributed by atoms with Crippen LogP contribution in [-0.4, -0.2) is 41.9 Å². The number of pyridine rings is 1. The summed E-state index contributed by atoms with van der Waals surface area (Å²) in [5.41, 5.74) is 10.3. The van der Waals surface area contributed by atoms with Crippen LogP contribution < -0.4 is 5.73 Å². The average molecular weight is 454 g/mol. The summed E-state index contributed by atoms with van der Waals surface area (Å²) in [7, 11) is 0. The van der Waals surface area contributed by atoms with Crippen molar-refractivity contribution in [1.82, 2.24) is 29.4 Å². The molecule has 0 fully saturated rings. The van der Waals surface area contributed by atoms with Crippen LogP contribution >= 0.6 is 15.9 Å². The summed E-state index contributed by atoms with van der Waals surface area (Å²) < 4.78 is 3.09. The van der Waals surface area contributed by atoms with E-state index in [1.807, 2.05) is 17.0 Å². The molecule has 0 atom stereocenters. The first-order valence-corrected chi connectivity index (χ1v) is 10.1. The van der Waals surface area contributed by atoms with E-state index in [-0.39, 0.29) is 11.4 Å². The monoisotopic (exact) mass is 453 g/mol. The molecule has 5 heterocycles. The zero-order valence-electron chi connectivity index (χ0n) is 16.3. The third-order valence-corrected chi connectivity index (χ3v) is 6.43. The van der Waals surface area contributed by atoms with Crippen molar-refractivity contribution in [3.8, 4) is 11.3 Å². The minimum atomic E-state index is -0.354. The molecule has 0 radical (unpaired) electrons. The lowest BCUT2D eigenvalue weighted by molar-refractivity contribution is -0.131. The summed E-state index contributed by atoms with van der Waals surface area (Å²) in [5.74, 6) is 0.451. The number of nitrogens with zero attached hydrogens (tertiary/aromatic N) is 5. The number of carbonyl (C=O) groups excluding carboxylic acids is 1. The normalized spacial score (nSPS) is 15.8. The van der Waals surface area contributed by atoms with Gasteiger partial charge >= 0.3 is 0 Å². The van der Waals surface area contributed by atoms with E-state index in [1.54, 1.807) is 13.1 Å². The molecule has 0 unspecified atom stereocenters. The van der Waals surface area contributed by atoms with Gasteiger partial charge < -0.3 is 20.2 Å². The summed E-state index contributed by atoms with van der Waals surface area (Å²) in [6.45, 7) is 6.88. The molecule has 0 spiro atoms. The Kier molecular flexibility index (Phi) is 3.76. The molecular weight excluding hydrogens is 434 g/mol. The van der Waals surface area contributed by atoms with Crippen molar-refractivity contribution in [2.45, 2.75) is 32.9 Å². The number of halogens is 1. The lowest BCUT2D eigenvalue weighted by Gasteiger charge is -2.40. The molecule has 29 heavy (non-hydrogen) atoms. The Labute approximate surface area is 175 Å². The number of amides is 1. The van der Waals surface area contributed by atoms with Gasteiger partial charge in [0, 0.05) is 36.3 Å². The standard InChI is InChI=1S/C20H20BrN7O/c1-10(29)27-7-12-13(16-15(21)11-5-4-6-23-18(11)26-16)14-17(22)24-9-25-19(14)28(12)20(2,3)8-27/h4-6,9H,7-8H2,1-3H3,(H,23,26)(H2,22,24,25). The second-order valence-electron chi connectivity index (χ2n) is 8.02. The minimum absolute atomic E-state index is 0.0389. The average Bonchev–Trinajstić information content (AvgIpc) is 3.18. The molecule has 9 heteroatoms. The number of aromatic nitrogens is 5. The van der Waals surface area contributed by atoms with Gasteiger partial charge in [0.25, 0.3) is 0 Å². The predicted molar refractivity (Wildman–Crippen MR) is 115 cm³/mol. The predicted octanol–water partition coefficient (Wildman–Crippen LogP) is 3.42. The van der Waals surface area contributed by atoms with E-state index in [2.05, 4.69) is 54.3 Å². The second kappa shape index (κ2) is 6.03. The van der Waals surface area contributed by atoms with Gasteiger partial charge in [0.2, 0.25) is 5.91 Å². The number of nitrogens with two attached hydrogens (primary N) is 1. The van der Waals surface area contributed by atoms with Crippen LogP contribution in [0.4, 0.5) is 5.82 Å². The highest BCUT2D eigenvalue weighted by atomic mass is 79.9. The van der Waals surface area contributed by atoms with Crippen LogP contribution in [0.25, 0.3) is 33.3 Å². The number of anilines is 1. The molecule has 3 N–H and O–H groups in total. The maximum atomic E-state index is 12.3. The molecule has 1 aliphatic heterocycles. The van der Waals surface area contributed by atoms with Crippen molar-refractivity contribution in [3.63, 3.8) is 0 Å². The number of nitrogen functional groups attached to an aromatic ring is 1. The van der Waals surface area contributed by atoms with Gasteiger partial charge in [-0.15, -0.1) is 0 Å². The Hall–Kier alpha value is -2.94. The number of carbonyl (C=O) groups is 1. The zero-order valence-corrected chi connectivity index (χ0v) is 17.9. The maximum Gasteiger partial charge on any atom is 0.219 e. The van der Waals surface area contributed by atoms with E-state index in [4.69, 9.17) is 5.73 Å². The molecule has 0 bridgehead atoms. The lowest BCUT2D eigenvalue weighted by Crippen LogP contribution is -2.48. The van der Waals surface area contributed by atoms with Crippen LogP contribution in [0.1, 0.15) is 26.5 Å². The largest absolute Gasteiger partial charge is 0.383 e. The van der Waals surface area contributed by atoms with Crippen LogP contribution in [0.5, 0.6) is 0 Å². The molecule has 0 saturated carbocycles. The Morgan fingerprint density at radius 3 is 2.83 bits per heavy atom. The fourth-order valence-electron chi connectivity index (χ4n) is 4.41. The van der Waals surface area contributed by atoms with Gasteiger partial charge in [0.15, 0.2) is 0 Å². The number of aromatic amines is 1. The van der Waals surface area contributed by atoms with Crippen LogP contribution in [-0.2, 0) is 16.9 Å². The zero-order chi connectivity index (χ0) is 20.5. The van der Waals surface area contributed by atoms with Crippen molar-refractivity contribution < 1.29 is 4.79 Å². The van der Waals surface area contributed by atoms with Gasteiger partial charge in [-0.3, -0.25) is 4.79 Å². The van der Waals surface area contributed by atoms with Crippen molar-refractivity contribution in [1.29, 1.82) is 0 Å². The van der Waals surface area contributed by atoms with E-state index in [9.17, 15) is 4.79 Å². The van der Waals surface area contributed by atoms with Crippen molar-refractivity contribution in [3.05, 3.63) is 34.8 Å². The molecule has 0 saturated heterocycles. The molecule has 4 aromatic rings. The van der Waals surface area contributed by atoms with Crippen molar-refractivity contribution >= 4 is 49.7 Å². The molecule has 0 aliphatic carbocycles. The fourth-order valence-corrected chi connectivity index (χ4v) is 5.03. The van der Waals surface area contributed by atoms with Crippen molar-refractivity contribution in [2.75, 3.05) is 12.3 Å². The topological polar surface area (TPSA) is 106 Å². The van der Waals surface area contributed by atoms with Crippen LogP contribution in [0, 0.1) is 0 Å². The van der Waals surface area contributed by atoms with Crippen molar-refractivity contribution in [2.24, 2.45) is 0 Å². The van der Waals surface area contributed by atoms with Gasteiger partial charge in [-0.2, -0.15) is 0 Å². The molecule has 1 amide bonds. The van der Waals surface area contributed by atoms with E-state index in [0.29, 0.717) is 18.9 Å². The lowest BCUT2D eigenvalue weighted by atomic mass is 9.99. The Morgan fingerprint density at radius 2 is 2.10 bits per heavy atom. The molecular formula is C20H20BrN7O. The smallest absolute Gasteiger partial charge is 0.219 e. The summed E-state index contributed by atoms with van der Waals surface area (Å²) in [6.07, 6.45) is 3.24. The first kappa shape index (κ1) is 18.1. The SMILES string of the molecule is CC(=O)N1Cc2c(-c3[nH]c4ncccc4c3Br)c3c(N)ncnc3n2C(C)(C)C1. The summed E-state index contributed by atoms with van der Waals surface area (Å²) in [5, 5.41) is 1.76. The van der Waals surface area contributed by atoms with E-state index in [1.165, 1.54) is 6.33 Å². The number of hydrogen-bond donors (Lipinski definition) is 2. The van der Waals surface area contributed by atoms with Crippen LogP contribution in [0.15, 0.2) is 29.1 Å². The maximum absolute atomic E-state index is 12.3. The van der Waals surface area contributed by atoms with Crippen LogP contribution in [0.2, 0.25) is 0 Å². The Balaban J connectivity index is 1.92. The third-order valence-electron chi connectivity index (χ3n) is 5.60. The first-order valence-electron chi connectivity index (χ1n) is 9.32. The Morgan fingerprint density at radius 1 is 1.31 bits per heavy atom. The van der Waals surface area contributed by atoms with Gasteiger partial charge in [-0.1, -0.05) is 0 Å². The highest BCUT2D eigenvalue weighted by Crippen LogP contribution is 2.45. The first-order chi connectivity index (χ1) is 13.8. The number of rotatable bonds is 1. The number of fused-ring (bicyclic) bond motifs is 4. The van der Waals surface area contributed by atoms with E-state index in [0.717, 1.165) is 43.5 Å². The molecule has 4 aromatic heterocycles. The minimum Gasteiger partial charge on any atom is -0.383 e. The summed E-state index contributed by atoms with van der Waals surface area (Å²) in [6, 6.07) is 3.90. The second-order valence-corrected chi connectivity index (χ2v) is 8.81. The molecule has 1 aliphatic rings. The third kappa shape index (κ3) is 2.50. The number of hydrogen-bond acceptors (Lipinski definition) is 5. The van der Waals surface area contributed by atoms with Gasteiger partial charge in [0.05, 0.1) is 27.6 Å². The molecule has 148 valence electrons. The highest BCUT2D eigenvalue weighted by molar-refractivity contribution is 9.10. The quantitative estimate of drug-likeness (QED) is 0.459. The highest BCUT2D eigenvalue weighted by Gasteiger charge is 2.38. The van der Waals surface area contributed by atoms with Gasteiger partial charge in [0.1, 0.15) is 23.4 Å². The number of H-pyrrole nitrogens is 1. The molecule has 8 nitrogen and oxygen atoms in total. The summed E-state index contributed by atoms with van der Waals surface area (Å²) >= 11 is 3.74. The summed E-state index contributed by atoms with van der Waals surface area (Å²) in [4.78, 5) is 30.8. The van der Waals surface area contributed by atoms with Gasteiger partial charge in [-0.25, -0.2) is 15.0 Å². The number of nitrogens with one attached hydrogen (secondary N) is 1. The molecule has 0 aromatic carbocycles. The van der Waals surface area contributed by atoms with Gasteiger partial charge in [-0.05, 0) is 41.9 Å². The van der Waals surface area contributed by atoms with E-state index >= 15 is 0 Å². The van der Waals surface area contributed by atoms with E-state index < -0.39 is 0 Å².